The van der Waals surface area contributed by atoms with Crippen LogP contribution in [0, 0.1) is 28.6 Å². The monoisotopic (exact) mass is 463 g/mol. The lowest BCUT2D eigenvalue weighted by atomic mass is 9.71. The second-order valence-electron chi connectivity index (χ2n) is 9.89. The molecule has 0 bridgehead atoms. The largest absolute Gasteiger partial charge is 0.417 e. The van der Waals surface area contributed by atoms with Crippen LogP contribution >= 0.6 is 0 Å². The third-order valence-electron chi connectivity index (χ3n) is 7.55. The number of likely N-dealkylation sites (tertiary alicyclic amines) is 1. The van der Waals surface area contributed by atoms with Crippen molar-refractivity contribution in [1.29, 1.82) is 5.26 Å². The highest BCUT2D eigenvalue weighted by atomic mass is 19.4. The highest BCUT2D eigenvalue weighted by Gasteiger charge is 2.49. The molecule has 4 rings (SSSR count). The zero-order chi connectivity index (χ0) is 23.6. The molecule has 1 aromatic rings. The zero-order valence-electron chi connectivity index (χ0n) is 19.2. The highest BCUT2D eigenvalue weighted by Crippen LogP contribution is 2.47. The molecule has 0 N–H and O–H groups in total. The van der Waals surface area contributed by atoms with Gasteiger partial charge in [-0.15, -0.1) is 0 Å². The quantitative estimate of drug-likeness (QED) is 0.580. The molecule has 5 nitrogen and oxygen atoms in total. The second kappa shape index (κ2) is 9.54. The van der Waals surface area contributed by atoms with Crippen molar-refractivity contribution in [2.45, 2.75) is 51.6 Å². The Balaban J connectivity index is 1.53. The first-order chi connectivity index (χ1) is 15.8. The number of amides is 1. The number of halogens is 3. The van der Waals surface area contributed by atoms with Gasteiger partial charge in [-0.1, -0.05) is 6.92 Å². The van der Waals surface area contributed by atoms with Crippen LogP contribution < -0.4 is 4.90 Å². The van der Waals surface area contributed by atoms with Crippen LogP contribution in [0.25, 0.3) is 0 Å². The number of hydrogen-bond acceptors (Lipinski definition) is 4. The molecule has 2 saturated heterocycles. The lowest BCUT2D eigenvalue weighted by Crippen LogP contribution is -2.47. The number of carbonyl (C=O) groups is 1. The summed E-state index contributed by atoms with van der Waals surface area (Å²) in [5.41, 5.74) is -0.828. The average molecular weight is 464 g/mol. The Hall–Kier alpha value is -2.27. The summed E-state index contributed by atoms with van der Waals surface area (Å²) in [7, 11) is 0. The number of rotatable bonds is 7. The summed E-state index contributed by atoms with van der Waals surface area (Å²) in [5.74, 6) is 1.04. The average Bonchev–Trinajstić information content (AvgIpc) is 3.55. The molecule has 33 heavy (non-hydrogen) atoms. The molecule has 8 heteroatoms. The van der Waals surface area contributed by atoms with Crippen molar-refractivity contribution < 1.29 is 22.7 Å². The van der Waals surface area contributed by atoms with Gasteiger partial charge >= 0.3 is 6.18 Å². The smallest absolute Gasteiger partial charge is 0.381 e. The molecule has 3 aliphatic rings. The maximum atomic E-state index is 13.5. The normalized spacial score (nSPS) is 22.6. The van der Waals surface area contributed by atoms with E-state index in [2.05, 4.69) is 0 Å². The first-order valence-corrected chi connectivity index (χ1v) is 12.0. The molecule has 1 amide bonds. The number of anilines is 1. The van der Waals surface area contributed by atoms with Gasteiger partial charge in [-0.3, -0.25) is 4.79 Å². The number of piperidine rings is 1. The van der Waals surface area contributed by atoms with Crippen molar-refractivity contribution >= 4 is 11.6 Å². The van der Waals surface area contributed by atoms with Gasteiger partial charge in [-0.05, 0) is 61.6 Å². The van der Waals surface area contributed by atoms with Crippen molar-refractivity contribution in [3.63, 3.8) is 0 Å². The minimum absolute atomic E-state index is 0.0845. The molecule has 1 saturated carbocycles. The van der Waals surface area contributed by atoms with Gasteiger partial charge in [0.2, 0.25) is 5.91 Å². The van der Waals surface area contributed by atoms with Crippen molar-refractivity contribution in [1.82, 2.24) is 4.90 Å². The number of benzene rings is 1. The number of nitriles is 1. The van der Waals surface area contributed by atoms with Crippen molar-refractivity contribution in [2.24, 2.45) is 17.3 Å². The maximum Gasteiger partial charge on any atom is 0.417 e. The van der Waals surface area contributed by atoms with Crippen molar-refractivity contribution in [3.8, 4) is 6.07 Å². The Bertz CT molecular complexity index is 899. The van der Waals surface area contributed by atoms with E-state index in [9.17, 15) is 18.0 Å². The van der Waals surface area contributed by atoms with Gasteiger partial charge in [0.1, 0.15) is 0 Å². The number of alkyl halides is 3. The molecule has 0 radical (unpaired) electrons. The van der Waals surface area contributed by atoms with Crippen LogP contribution in [-0.2, 0) is 15.7 Å². The topological polar surface area (TPSA) is 56.6 Å². The summed E-state index contributed by atoms with van der Waals surface area (Å²) in [6.07, 6.45) is 0.891. The number of nitrogens with zero attached hydrogens (tertiary/aromatic N) is 3. The molecular weight excluding hydrogens is 431 g/mol. The Morgan fingerprint density at radius 1 is 1.24 bits per heavy atom. The van der Waals surface area contributed by atoms with Crippen LogP contribution in [0.4, 0.5) is 18.9 Å². The van der Waals surface area contributed by atoms with Gasteiger partial charge in [-0.25, -0.2) is 0 Å². The third-order valence-corrected chi connectivity index (χ3v) is 7.55. The summed E-state index contributed by atoms with van der Waals surface area (Å²) in [5, 5.41) is 9.12. The minimum Gasteiger partial charge on any atom is -0.381 e. The maximum absolute atomic E-state index is 13.5. The summed E-state index contributed by atoms with van der Waals surface area (Å²) in [4.78, 5) is 16.3. The molecule has 1 atom stereocenters. The lowest BCUT2D eigenvalue weighted by molar-refractivity contribution is -0.137. The number of carbonyl (C=O) groups excluding carboxylic acids is 1. The Kier molecular flexibility index (Phi) is 6.90. The van der Waals surface area contributed by atoms with E-state index < -0.39 is 11.7 Å². The van der Waals surface area contributed by atoms with Crippen LogP contribution in [-0.4, -0.2) is 50.2 Å². The predicted molar refractivity (Wildman–Crippen MR) is 119 cm³/mol. The van der Waals surface area contributed by atoms with E-state index in [-0.39, 0.29) is 22.8 Å². The number of ether oxygens (including phenoxy) is 1. The van der Waals surface area contributed by atoms with Crippen LogP contribution in [0.2, 0.25) is 0 Å². The zero-order valence-corrected chi connectivity index (χ0v) is 19.2. The first kappa shape index (κ1) is 23.9. The van der Waals surface area contributed by atoms with Gasteiger partial charge < -0.3 is 14.5 Å². The Morgan fingerprint density at radius 2 is 1.97 bits per heavy atom. The van der Waals surface area contributed by atoms with E-state index in [1.807, 2.05) is 16.7 Å². The predicted octanol–water partition coefficient (Wildman–Crippen LogP) is 4.85. The molecule has 1 aliphatic carbocycles. The van der Waals surface area contributed by atoms with Crippen molar-refractivity contribution in [2.75, 3.05) is 44.3 Å². The highest BCUT2D eigenvalue weighted by molar-refractivity contribution is 5.76. The molecule has 1 unspecified atom stereocenters. The molecule has 2 aliphatic heterocycles. The molecule has 1 spiro atoms. The molecule has 2 heterocycles. The van der Waals surface area contributed by atoms with E-state index in [0.29, 0.717) is 50.8 Å². The standard InChI is InChI=1S/C25H32F3N3O2/c1-2-3-23(32)30-10-8-24(9-11-30)17-31(14-20(24)16-33-15-18-4-5-18)21-7-6-19(13-29)22(12-21)25(26,27)28/h6-7,12,18,20H,2-5,8-11,14-17H2,1H3. The lowest BCUT2D eigenvalue weighted by Gasteiger charge is -2.42. The van der Waals surface area contributed by atoms with Crippen LogP contribution in [0.5, 0.6) is 0 Å². The SMILES string of the molecule is CCCC(=O)N1CCC2(CC1)CN(c1ccc(C#N)c(C(F)(F)F)c1)CC2COCC1CC1. The van der Waals surface area contributed by atoms with Crippen LogP contribution in [0.15, 0.2) is 18.2 Å². The van der Waals surface area contributed by atoms with Crippen molar-refractivity contribution in [3.05, 3.63) is 29.3 Å². The van der Waals surface area contributed by atoms with Gasteiger partial charge in [0.25, 0.3) is 0 Å². The third kappa shape index (κ3) is 5.29. The number of hydrogen-bond donors (Lipinski definition) is 0. The fourth-order valence-corrected chi connectivity index (χ4v) is 5.32. The summed E-state index contributed by atoms with van der Waals surface area (Å²) >= 11 is 0. The fraction of sp³-hybridized carbons (Fsp3) is 0.680. The first-order valence-electron chi connectivity index (χ1n) is 12.0. The summed E-state index contributed by atoms with van der Waals surface area (Å²) in [6, 6.07) is 5.66. The van der Waals surface area contributed by atoms with Crippen LogP contribution in [0.1, 0.15) is 56.6 Å². The molecule has 180 valence electrons. The van der Waals surface area contributed by atoms with E-state index >= 15 is 0 Å². The molecule has 3 fully saturated rings. The molecule has 1 aromatic carbocycles. The Morgan fingerprint density at radius 3 is 2.58 bits per heavy atom. The van der Waals surface area contributed by atoms with Gasteiger partial charge in [0.05, 0.1) is 23.8 Å². The van der Waals surface area contributed by atoms with Crippen LogP contribution in [0.3, 0.4) is 0 Å². The van der Waals surface area contributed by atoms with E-state index in [4.69, 9.17) is 10.00 Å². The van der Waals surface area contributed by atoms with Gasteiger partial charge in [0.15, 0.2) is 0 Å². The summed E-state index contributed by atoms with van der Waals surface area (Å²) in [6.45, 7) is 5.99. The fourth-order valence-electron chi connectivity index (χ4n) is 5.32. The van der Waals surface area contributed by atoms with E-state index in [1.165, 1.54) is 18.9 Å². The van der Waals surface area contributed by atoms with E-state index in [1.54, 1.807) is 12.1 Å². The minimum atomic E-state index is -4.57. The van der Waals surface area contributed by atoms with Gasteiger partial charge in [0, 0.05) is 50.8 Å². The molecular formula is C25H32F3N3O2. The Labute approximate surface area is 193 Å². The van der Waals surface area contributed by atoms with E-state index in [0.717, 1.165) is 31.9 Å². The van der Waals surface area contributed by atoms with Gasteiger partial charge in [-0.2, -0.15) is 18.4 Å². The second-order valence-corrected chi connectivity index (χ2v) is 9.89. The molecule has 0 aromatic heterocycles. The summed E-state index contributed by atoms with van der Waals surface area (Å²) < 4.78 is 46.6.